The third-order valence-corrected chi connectivity index (χ3v) is 6.77. The van der Waals surface area contributed by atoms with E-state index in [1.165, 1.54) is 11.3 Å². The second-order valence-electron chi connectivity index (χ2n) is 7.80. The molecule has 0 spiro atoms. The Hall–Kier alpha value is -2.88. The van der Waals surface area contributed by atoms with E-state index < -0.39 is 0 Å². The molecular formula is C21H28N6O3S. The van der Waals surface area contributed by atoms with Crippen molar-refractivity contribution in [2.24, 2.45) is 0 Å². The minimum absolute atomic E-state index is 0.0681. The number of piperidine rings is 1. The molecule has 0 radical (unpaired) electrons. The van der Waals surface area contributed by atoms with Gasteiger partial charge in [0.25, 0.3) is 0 Å². The molecule has 2 amide bonds. The van der Waals surface area contributed by atoms with Crippen LogP contribution in [0.1, 0.15) is 19.3 Å². The van der Waals surface area contributed by atoms with Crippen molar-refractivity contribution in [3.05, 3.63) is 24.3 Å². The minimum Gasteiger partial charge on any atom is -0.497 e. The van der Waals surface area contributed by atoms with Gasteiger partial charge in [0.1, 0.15) is 5.75 Å². The van der Waals surface area contributed by atoms with E-state index in [0.717, 1.165) is 37.4 Å². The molecule has 0 unspecified atom stereocenters. The number of hydrogen-bond acceptors (Lipinski definition) is 8. The quantitative estimate of drug-likeness (QED) is 0.672. The van der Waals surface area contributed by atoms with Gasteiger partial charge in [-0.2, -0.15) is 0 Å². The zero-order chi connectivity index (χ0) is 21.8. The van der Waals surface area contributed by atoms with E-state index in [1.54, 1.807) is 12.0 Å². The van der Waals surface area contributed by atoms with E-state index in [-0.39, 0.29) is 18.4 Å². The lowest BCUT2D eigenvalue weighted by Gasteiger charge is -2.36. The van der Waals surface area contributed by atoms with Gasteiger partial charge in [0.15, 0.2) is 0 Å². The summed E-state index contributed by atoms with van der Waals surface area (Å²) in [6.45, 7) is 3.84. The molecule has 1 aromatic heterocycles. The Bertz CT molecular complexity index is 927. The number of carbonyl (C=O) groups excluding carboxylic acids is 2. The van der Waals surface area contributed by atoms with Gasteiger partial charge in [0.05, 0.1) is 13.7 Å². The summed E-state index contributed by atoms with van der Waals surface area (Å²) < 4.78 is 5.31. The lowest BCUT2D eigenvalue weighted by molar-refractivity contribution is -0.130. The van der Waals surface area contributed by atoms with Crippen LogP contribution >= 0.6 is 11.3 Å². The molecule has 2 saturated heterocycles. The van der Waals surface area contributed by atoms with E-state index >= 15 is 0 Å². The average Bonchev–Trinajstić information content (AvgIpc) is 3.30. The number of anilines is 3. The Kier molecular flexibility index (Phi) is 6.55. The van der Waals surface area contributed by atoms with Gasteiger partial charge in [0, 0.05) is 57.9 Å². The fourth-order valence-corrected chi connectivity index (χ4v) is 4.72. The van der Waals surface area contributed by atoms with Crippen molar-refractivity contribution in [1.82, 2.24) is 15.1 Å². The highest BCUT2D eigenvalue weighted by Crippen LogP contribution is 2.29. The molecule has 0 saturated carbocycles. The summed E-state index contributed by atoms with van der Waals surface area (Å²) >= 11 is 1.36. The van der Waals surface area contributed by atoms with E-state index in [2.05, 4.69) is 21.2 Å². The van der Waals surface area contributed by atoms with Crippen LogP contribution in [0.25, 0.3) is 0 Å². The molecule has 3 heterocycles. The van der Waals surface area contributed by atoms with Crippen LogP contribution < -0.4 is 19.4 Å². The normalized spacial score (nSPS) is 17.1. The van der Waals surface area contributed by atoms with Crippen molar-refractivity contribution < 1.29 is 14.3 Å². The van der Waals surface area contributed by atoms with Gasteiger partial charge in [-0.25, -0.2) is 0 Å². The number of carbonyl (C=O) groups is 2. The predicted molar refractivity (Wildman–Crippen MR) is 121 cm³/mol. The molecule has 0 aliphatic carbocycles. The van der Waals surface area contributed by atoms with E-state index in [1.807, 2.05) is 35.0 Å². The number of piperazine rings is 1. The lowest BCUT2D eigenvalue weighted by atomic mass is 10.1. The third-order valence-electron chi connectivity index (χ3n) is 5.71. The molecule has 0 bridgehead atoms. The minimum atomic E-state index is 0.0681. The SMILES string of the molecule is COc1cccc(N2CCN(C(=O)CN(C)c3nnc(N4CCCCC4=O)s3)CC2)c1. The van der Waals surface area contributed by atoms with E-state index in [4.69, 9.17) is 4.74 Å². The Morgan fingerprint density at radius 1 is 1.16 bits per heavy atom. The first kappa shape index (κ1) is 21.4. The molecule has 10 heteroatoms. The third kappa shape index (κ3) is 4.90. The van der Waals surface area contributed by atoms with Gasteiger partial charge >= 0.3 is 0 Å². The fraction of sp³-hybridized carbons (Fsp3) is 0.524. The second kappa shape index (κ2) is 9.51. The summed E-state index contributed by atoms with van der Waals surface area (Å²) in [6.07, 6.45) is 2.47. The Morgan fingerprint density at radius 2 is 1.97 bits per heavy atom. The largest absolute Gasteiger partial charge is 0.497 e. The highest BCUT2D eigenvalue weighted by molar-refractivity contribution is 7.19. The molecule has 9 nitrogen and oxygen atoms in total. The van der Waals surface area contributed by atoms with Crippen LogP contribution in [0.4, 0.5) is 16.0 Å². The van der Waals surface area contributed by atoms with Gasteiger partial charge in [-0.15, -0.1) is 10.2 Å². The zero-order valence-electron chi connectivity index (χ0n) is 18.0. The maximum absolute atomic E-state index is 12.8. The fourth-order valence-electron chi connectivity index (χ4n) is 3.87. The summed E-state index contributed by atoms with van der Waals surface area (Å²) in [4.78, 5) is 32.6. The molecular weight excluding hydrogens is 416 g/mol. The molecule has 2 aliphatic heterocycles. The van der Waals surface area contributed by atoms with Crippen molar-refractivity contribution in [2.45, 2.75) is 19.3 Å². The van der Waals surface area contributed by atoms with E-state index in [0.29, 0.717) is 36.3 Å². The van der Waals surface area contributed by atoms with Crippen LogP contribution in [-0.2, 0) is 9.59 Å². The molecule has 1 aromatic carbocycles. The van der Waals surface area contributed by atoms with Crippen LogP contribution in [0.5, 0.6) is 5.75 Å². The Balaban J connectivity index is 1.30. The number of aromatic nitrogens is 2. The topological polar surface area (TPSA) is 82.1 Å². The van der Waals surface area contributed by atoms with Crippen LogP contribution in [0.2, 0.25) is 0 Å². The Labute approximate surface area is 186 Å². The van der Waals surface area contributed by atoms with E-state index in [9.17, 15) is 9.59 Å². The monoisotopic (exact) mass is 444 g/mol. The van der Waals surface area contributed by atoms with Crippen molar-refractivity contribution in [3.8, 4) is 5.75 Å². The van der Waals surface area contributed by atoms with Crippen molar-refractivity contribution in [3.63, 3.8) is 0 Å². The second-order valence-corrected chi connectivity index (χ2v) is 8.73. The molecule has 166 valence electrons. The summed E-state index contributed by atoms with van der Waals surface area (Å²) in [5, 5.41) is 9.65. The average molecular weight is 445 g/mol. The van der Waals surface area contributed by atoms with Gasteiger partial charge in [0.2, 0.25) is 22.1 Å². The van der Waals surface area contributed by atoms with Crippen LogP contribution in [0.3, 0.4) is 0 Å². The molecule has 0 N–H and O–H groups in total. The lowest BCUT2D eigenvalue weighted by Crippen LogP contribution is -2.51. The van der Waals surface area contributed by atoms with Crippen molar-refractivity contribution in [1.29, 1.82) is 0 Å². The maximum Gasteiger partial charge on any atom is 0.242 e. The Morgan fingerprint density at radius 3 is 2.71 bits per heavy atom. The van der Waals surface area contributed by atoms with Crippen molar-refractivity contribution >= 4 is 39.1 Å². The predicted octanol–water partition coefficient (Wildman–Crippen LogP) is 1.85. The molecule has 31 heavy (non-hydrogen) atoms. The van der Waals surface area contributed by atoms with Gasteiger partial charge in [-0.05, 0) is 25.0 Å². The molecule has 2 aromatic rings. The maximum atomic E-state index is 12.8. The standard InChI is InChI=1S/C21H28N6O3S/c1-24(20-22-23-21(31-20)27-9-4-3-8-18(27)28)15-19(29)26-12-10-25(11-13-26)16-6-5-7-17(14-16)30-2/h5-7,14H,3-4,8-13,15H2,1-2H3. The molecule has 2 fully saturated rings. The number of hydrogen-bond donors (Lipinski definition) is 0. The number of benzene rings is 1. The van der Waals surface area contributed by atoms with Crippen LogP contribution in [-0.4, -0.2) is 80.3 Å². The summed E-state index contributed by atoms with van der Waals surface area (Å²) in [5.74, 6) is 1.00. The van der Waals surface area contributed by atoms with Crippen molar-refractivity contribution in [2.75, 3.05) is 68.1 Å². The highest BCUT2D eigenvalue weighted by atomic mass is 32.1. The van der Waals surface area contributed by atoms with Crippen LogP contribution in [0, 0.1) is 0 Å². The summed E-state index contributed by atoms with van der Waals surface area (Å²) in [7, 11) is 3.50. The van der Waals surface area contributed by atoms with Gasteiger partial charge < -0.3 is 19.4 Å². The summed E-state index contributed by atoms with van der Waals surface area (Å²) in [6, 6.07) is 7.99. The van der Waals surface area contributed by atoms with Crippen LogP contribution in [0.15, 0.2) is 24.3 Å². The zero-order valence-corrected chi connectivity index (χ0v) is 18.8. The number of amides is 2. The number of rotatable bonds is 6. The molecule has 0 atom stereocenters. The highest BCUT2D eigenvalue weighted by Gasteiger charge is 2.26. The van der Waals surface area contributed by atoms with Gasteiger partial charge in [-0.1, -0.05) is 17.4 Å². The number of ether oxygens (including phenoxy) is 1. The number of nitrogens with zero attached hydrogens (tertiary/aromatic N) is 6. The first-order valence-electron chi connectivity index (χ1n) is 10.6. The smallest absolute Gasteiger partial charge is 0.242 e. The number of likely N-dealkylation sites (N-methyl/N-ethyl adjacent to an activating group) is 1. The molecule has 2 aliphatic rings. The molecule has 4 rings (SSSR count). The first-order valence-corrected chi connectivity index (χ1v) is 11.4. The van der Waals surface area contributed by atoms with Gasteiger partial charge in [-0.3, -0.25) is 14.5 Å². The first-order chi connectivity index (χ1) is 15.0. The summed E-state index contributed by atoms with van der Waals surface area (Å²) in [5.41, 5.74) is 1.11. The number of methoxy groups -OCH3 is 1.